The molecular formula is C11H19ClN2O2. The first-order chi connectivity index (χ1) is 7.74. The Bertz CT molecular complexity index is 246. The number of nitrogens with zero attached hydrogens (tertiary/aromatic N) is 1. The summed E-state index contributed by atoms with van der Waals surface area (Å²) in [6, 6.07) is 0. The van der Waals surface area contributed by atoms with Gasteiger partial charge in [-0.05, 0) is 19.3 Å². The first-order valence-corrected chi connectivity index (χ1v) is 6.38. The molecule has 1 saturated heterocycles. The number of alkyl halides is 1. The van der Waals surface area contributed by atoms with Crippen LogP contribution in [-0.4, -0.2) is 42.2 Å². The molecule has 0 aromatic rings. The highest BCUT2D eigenvalue weighted by molar-refractivity contribution is 6.17. The van der Waals surface area contributed by atoms with E-state index in [9.17, 15) is 9.59 Å². The van der Waals surface area contributed by atoms with E-state index >= 15 is 0 Å². The van der Waals surface area contributed by atoms with Gasteiger partial charge in [-0.3, -0.25) is 9.59 Å². The van der Waals surface area contributed by atoms with Crippen molar-refractivity contribution in [3.8, 4) is 0 Å². The SMILES string of the molecule is O=C(CCCCl)NCCCN1CCCC1=O. The van der Waals surface area contributed by atoms with Gasteiger partial charge in [-0.1, -0.05) is 0 Å². The van der Waals surface area contributed by atoms with E-state index in [1.807, 2.05) is 4.90 Å². The minimum Gasteiger partial charge on any atom is -0.356 e. The highest BCUT2D eigenvalue weighted by Gasteiger charge is 2.18. The first-order valence-electron chi connectivity index (χ1n) is 5.84. The number of hydrogen-bond acceptors (Lipinski definition) is 2. The second-order valence-corrected chi connectivity index (χ2v) is 4.36. The van der Waals surface area contributed by atoms with E-state index in [2.05, 4.69) is 5.32 Å². The van der Waals surface area contributed by atoms with E-state index < -0.39 is 0 Å². The van der Waals surface area contributed by atoms with Crippen LogP contribution in [-0.2, 0) is 9.59 Å². The summed E-state index contributed by atoms with van der Waals surface area (Å²) in [4.78, 5) is 24.3. The molecule has 1 aliphatic rings. The van der Waals surface area contributed by atoms with Crippen LogP contribution in [0.15, 0.2) is 0 Å². The highest BCUT2D eigenvalue weighted by atomic mass is 35.5. The Balaban J connectivity index is 1.99. The molecule has 0 spiro atoms. The molecule has 4 nitrogen and oxygen atoms in total. The maximum atomic E-state index is 11.3. The Kier molecular flexibility index (Phi) is 6.23. The average molecular weight is 247 g/mol. The normalized spacial score (nSPS) is 15.6. The minimum absolute atomic E-state index is 0.0494. The lowest BCUT2D eigenvalue weighted by Gasteiger charge is -2.15. The van der Waals surface area contributed by atoms with Crippen LogP contribution in [0.1, 0.15) is 32.1 Å². The molecule has 5 heteroatoms. The average Bonchev–Trinajstić information content (AvgIpc) is 2.67. The monoisotopic (exact) mass is 246 g/mol. The van der Waals surface area contributed by atoms with Crippen LogP contribution < -0.4 is 5.32 Å². The van der Waals surface area contributed by atoms with Gasteiger partial charge >= 0.3 is 0 Å². The van der Waals surface area contributed by atoms with E-state index in [-0.39, 0.29) is 11.8 Å². The Hall–Kier alpha value is -0.770. The molecule has 0 aromatic carbocycles. The van der Waals surface area contributed by atoms with Crippen molar-refractivity contribution in [2.75, 3.05) is 25.5 Å². The van der Waals surface area contributed by atoms with Crippen molar-refractivity contribution in [1.82, 2.24) is 10.2 Å². The molecule has 0 aromatic heterocycles. The summed E-state index contributed by atoms with van der Waals surface area (Å²) < 4.78 is 0. The molecule has 0 aliphatic carbocycles. The third-order valence-electron chi connectivity index (χ3n) is 2.64. The summed E-state index contributed by atoms with van der Waals surface area (Å²) in [5, 5.41) is 2.82. The number of carbonyl (C=O) groups excluding carboxylic acids is 2. The molecular weight excluding hydrogens is 228 g/mol. The number of nitrogens with one attached hydrogen (secondary N) is 1. The van der Waals surface area contributed by atoms with E-state index in [1.54, 1.807) is 0 Å². The van der Waals surface area contributed by atoms with Crippen LogP contribution in [0.3, 0.4) is 0 Å². The molecule has 0 radical (unpaired) electrons. The maximum absolute atomic E-state index is 11.3. The van der Waals surface area contributed by atoms with Gasteiger partial charge in [0.25, 0.3) is 0 Å². The minimum atomic E-state index is 0.0494. The summed E-state index contributed by atoms with van der Waals surface area (Å²) in [6.07, 6.45) is 3.70. The van der Waals surface area contributed by atoms with Crippen LogP contribution in [0.25, 0.3) is 0 Å². The predicted octanol–water partition coefficient (Wildman–Crippen LogP) is 1.13. The quantitative estimate of drug-likeness (QED) is 0.541. The zero-order valence-corrected chi connectivity index (χ0v) is 10.3. The van der Waals surface area contributed by atoms with Crippen molar-refractivity contribution in [2.45, 2.75) is 32.1 Å². The predicted molar refractivity (Wildman–Crippen MR) is 63.4 cm³/mol. The number of amides is 2. The summed E-state index contributed by atoms with van der Waals surface area (Å²) in [5.74, 6) is 0.817. The lowest BCUT2D eigenvalue weighted by molar-refractivity contribution is -0.127. The van der Waals surface area contributed by atoms with Gasteiger partial charge in [0.1, 0.15) is 0 Å². The Morgan fingerprint density at radius 1 is 1.44 bits per heavy atom. The topological polar surface area (TPSA) is 49.4 Å². The van der Waals surface area contributed by atoms with E-state index in [0.717, 1.165) is 32.4 Å². The molecule has 0 saturated carbocycles. The third-order valence-corrected chi connectivity index (χ3v) is 2.90. The van der Waals surface area contributed by atoms with Gasteiger partial charge < -0.3 is 10.2 Å². The van der Waals surface area contributed by atoms with Crippen molar-refractivity contribution < 1.29 is 9.59 Å². The third kappa shape index (κ3) is 4.84. The molecule has 1 aliphatic heterocycles. The van der Waals surface area contributed by atoms with Crippen LogP contribution in [0, 0.1) is 0 Å². The fourth-order valence-corrected chi connectivity index (χ4v) is 1.89. The van der Waals surface area contributed by atoms with Gasteiger partial charge in [0, 0.05) is 38.4 Å². The van der Waals surface area contributed by atoms with Gasteiger partial charge in [-0.15, -0.1) is 11.6 Å². The van der Waals surface area contributed by atoms with Crippen molar-refractivity contribution in [2.24, 2.45) is 0 Å². The van der Waals surface area contributed by atoms with Gasteiger partial charge in [0.2, 0.25) is 11.8 Å². The van der Waals surface area contributed by atoms with Gasteiger partial charge in [0.05, 0.1) is 0 Å². The standard InChI is InChI=1S/C11H19ClN2O2/c12-6-1-4-10(15)13-7-3-9-14-8-2-5-11(14)16/h1-9H2,(H,13,15). The Morgan fingerprint density at radius 3 is 2.88 bits per heavy atom. The molecule has 0 unspecified atom stereocenters. The Labute approximate surface area is 101 Å². The molecule has 1 N–H and O–H groups in total. The second-order valence-electron chi connectivity index (χ2n) is 3.98. The van der Waals surface area contributed by atoms with Crippen molar-refractivity contribution in [3.05, 3.63) is 0 Å². The molecule has 0 atom stereocenters. The molecule has 0 bridgehead atoms. The van der Waals surface area contributed by atoms with E-state index in [0.29, 0.717) is 25.3 Å². The summed E-state index contributed by atoms with van der Waals surface area (Å²) in [5.41, 5.74) is 0. The lowest BCUT2D eigenvalue weighted by atomic mass is 10.3. The van der Waals surface area contributed by atoms with Gasteiger partial charge in [0.15, 0.2) is 0 Å². The maximum Gasteiger partial charge on any atom is 0.222 e. The van der Waals surface area contributed by atoms with Crippen molar-refractivity contribution in [3.63, 3.8) is 0 Å². The largest absolute Gasteiger partial charge is 0.356 e. The number of hydrogen-bond donors (Lipinski definition) is 1. The van der Waals surface area contributed by atoms with Crippen molar-refractivity contribution >= 4 is 23.4 Å². The Morgan fingerprint density at radius 2 is 2.25 bits per heavy atom. The summed E-state index contributed by atoms with van der Waals surface area (Å²) in [6.45, 7) is 2.28. The number of likely N-dealkylation sites (tertiary alicyclic amines) is 1. The van der Waals surface area contributed by atoms with Crippen LogP contribution in [0.2, 0.25) is 0 Å². The molecule has 2 amide bonds. The molecule has 1 heterocycles. The van der Waals surface area contributed by atoms with E-state index in [1.165, 1.54) is 0 Å². The van der Waals surface area contributed by atoms with E-state index in [4.69, 9.17) is 11.6 Å². The number of rotatable bonds is 7. The molecule has 16 heavy (non-hydrogen) atoms. The number of halogens is 1. The zero-order valence-electron chi connectivity index (χ0n) is 9.51. The summed E-state index contributed by atoms with van der Waals surface area (Å²) >= 11 is 5.48. The number of carbonyl (C=O) groups is 2. The fourth-order valence-electron chi connectivity index (χ4n) is 1.75. The zero-order chi connectivity index (χ0) is 11.8. The molecule has 1 rings (SSSR count). The molecule has 92 valence electrons. The smallest absolute Gasteiger partial charge is 0.222 e. The first kappa shape index (κ1) is 13.3. The van der Waals surface area contributed by atoms with Crippen LogP contribution in [0.5, 0.6) is 0 Å². The second kappa shape index (κ2) is 7.49. The fraction of sp³-hybridized carbons (Fsp3) is 0.818. The van der Waals surface area contributed by atoms with Gasteiger partial charge in [-0.25, -0.2) is 0 Å². The lowest BCUT2D eigenvalue weighted by Crippen LogP contribution is -2.30. The highest BCUT2D eigenvalue weighted by Crippen LogP contribution is 2.09. The summed E-state index contributed by atoms with van der Waals surface area (Å²) in [7, 11) is 0. The van der Waals surface area contributed by atoms with Gasteiger partial charge in [-0.2, -0.15) is 0 Å². The molecule has 1 fully saturated rings. The van der Waals surface area contributed by atoms with Crippen molar-refractivity contribution in [1.29, 1.82) is 0 Å². The van der Waals surface area contributed by atoms with Crippen LogP contribution >= 0.6 is 11.6 Å². The van der Waals surface area contributed by atoms with Crippen LogP contribution in [0.4, 0.5) is 0 Å².